The van der Waals surface area contributed by atoms with E-state index in [2.05, 4.69) is 16.9 Å². The molecule has 15 heavy (non-hydrogen) atoms. The molecule has 1 fully saturated rings. The van der Waals surface area contributed by atoms with E-state index < -0.39 is 0 Å². The molecule has 2 unspecified atom stereocenters. The third-order valence-corrected chi connectivity index (χ3v) is 2.99. The molecule has 2 atom stereocenters. The minimum absolute atomic E-state index is 0.0336. The molecule has 1 aromatic rings. The monoisotopic (exact) mass is 209 g/mol. The van der Waals surface area contributed by atoms with Crippen LogP contribution in [0.25, 0.3) is 0 Å². The summed E-state index contributed by atoms with van der Waals surface area (Å²) in [5.74, 6) is 1.53. The molecule has 84 valence electrons. The van der Waals surface area contributed by atoms with Crippen molar-refractivity contribution in [3.05, 3.63) is 17.8 Å². The SMILES string of the molecule is CC(N)c1coc(CC2CCN(C)C2)n1. The van der Waals surface area contributed by atoms with Crippen LogP contribution < -0.4 is 5.73 Å². The molecule has 1 aliphatic rings. The zero-order valence-electron chi connectivity index (χ0n) is 9.44. The van der Waals surface area contributed by atoms with Crippen molar-refractivity contribution in [2.45, 2.75) is 25.8 Å². The van der Waals surface area contributed by atoms with Crippen LogP contribution in [0.1, 0.15) is 31.0 Å². The first-order chi connectivity index (χ1) is 7.15. The van der Waals surface area contributed by atoms with E-state index in [1.807, 2.05) is 6.92 Å². The molecule has 0 aromatic carbocycles. The highest BCUT2D eigenvalue weighted by atomic mass is 16.3. The second-order valence-corrected chi connectivity index (χ2v) is 4.58. The van der Waals surface area contributed by atoms with E-state index in [1.165, 1.54) is 13.0 Å². The summed E-state index contributed by atoms with van der Waals surface area (Å²) in [6.07, 6.45) is 3.86. The number of nitrogens with zero attached hydrogens (tertiary/aromatic N) is 2. The number of likely N-dealkylation sites (tertiary alicyclic amines) is 1. The molecule has 0 bridgehead atoms. The predicted octanol–water partition coefficient (Wildman–Crippen LogP) is 1.19. The minimum Gasteiger partial charge on any atom is -0.449 e. The van der Waals surface area contributed by atoms with Crippen molar-refractivity contribution in [3.63, 3.8) is 0 Å². The lowest BCUT2D eigenvalue weighted by molar-refractivity contribution is 0.379. The van der Waals surface area contributed by atoms with Crippen LogP contribution in [0.5, 0.6) is 0 Å². The average molecular weight is 209 g/mol. The summed E-state index contributed by atoms with van der Waals surface area (Å²) in [7, 11) is 2.16. The number of hydrogen-bond donors (Lipinski definition) is 1. The standard InChI is InChI=1S/C11H19N3O/c1-8(12)10-7-15-11(13-10)5-9-3-4-14(2)6-9/h7-9H,3-6,12H2,1-2H3. The zero-order valence-corrected chi connectivity index (χ0v) is 9.44. The Morgan fingerprint density at radius 3 is 3.07 bits per heavy atom. The predicted molar refractivity (Wildman–Crippen MR) is 58.4 cm³/mol. The van der Waals surface area contributed by atoms with Crippen molar-refractivity contribution in [3.8, 4) is 0 Å². The lowest BCUT2D eigenvalue weighted by atomic mass is 10.1. The van der Waals surface area contributed by atoms with Crippen LogP contribution in [0.15, 0.2) is 10.7 Å². The van der Waals surface area contributed by atoms with Crippen molar-refractivity contribution >= 4 is 0 Å². The Hall–Kier alpha value is -0.870. The van der Waals surface area contributed by atoms with Gasteiger partial charge in [0.25, 0.3) is 0 Å². The van der Waals surface area contributed by atoms with Gasteiger partial charge in [-0.2, -0.15) is 0 Å². The van der Waals surface area contributed by atoms with Crippen LogP contribution in [0.4, 0.5) is 0 Å². The summed E-state index contributed by atoms with van der Waals surface area (Å²) in [6.45, 7) is 4.26. The Balaban J connectivity index is 1.93. The molecule has 1 aromatic heterocycles. The third kappa shape index (κ3) is 2.58. The van der Waals surface area contributed by atoms with Gasteiger partial charge in [0.15, 0.2) is 5.89 Å². The van der Waals surface area contributed by atoms with E-state index in [0.717, 1.165) is 24.6 Å². The summed E-state index contributed by atoms with van der Waals surface area (Å²) in [6, 6.07) is -0.0336. The van der Waals surface area contributed by atoms with E-state index in [0.29, 0.717) is 5.92 Å². The van der Waals surface area contributed by atoms with E-state index in [1.54, 1.807) is 6.26 Å². The smallest absolute Gasteiger partial charge is 0.194 e. The van der Waals surface area contributed by atoms with Crippen LogP contribution in [0.2, 0.25) is 0 Å². The van der Waals surface area contributed by atoms with Gasteiger partial charge in [-0.1, -0.05) is 0 Å². The molecule has 0 radical (unpaired) electrons. The Morgan fingerprint density at radius 1 is 1.73 bits per heavy atom. The number of nitrogens with two attached hydrogens (primary N) is 1. The Morgan fingerprint density at radius 2 is 2.53 bits per heavy atom. The average Bonchev–Trinajstić information content (AvgIpc) is 2.76. The largest absolute Gasteiger partial charge is 0.449 e. The number of oxazole rings is 1. The highest BCUT2D eigenvalue weighted by Crippen LogP contribution is 2.20. The first-order valence-corrected chi connectivity index (χ1v) is 5.53. The van der Waals surface area contributed by atoms with Gasteiger partial charge in [-0.15, -0.1) is 0 Å². The summed E-state index contributed by atoms with van der Waals surface area (Å²) in [5, 5.41) is 0. The Kier molecular flexibility index (Phi) is 3.07. The number of aromatic nitrogens is 1. The lowest BCUT2D eigenvalue weighted by Gasteiger charge is -2.07. The summed E-state index contributed by atoms with van der Waals surface area (Å²) in [5.41, 5.74) is 6.58. The Labute approximate surface area is 90.5 Å². The quantitative estimate of drug-likeness (QED) is 0.812. The maximum absolute atomic E-state index is 5.73. The topological polar surface area (TPSA) is 55.3 Å². The fourth-order valence-corrected chi connectivity index (χ4v) is 2.07. The van der Waals surface area contributed by atoms with Gasteiger partial charge in [0.2, 0.25) is 0 Å². The normalized spacial score (nSPS) is 24.6. The van der Waals surface area contributed by atoms with Crippen molar-refractivity contribution < 1.29 is 4.42 Å². The fraction of sp³-hybridized carbons (Fsp3) is 0.727. The summed E-state index contributed by atoms with van der Waals surface area (Å²) >= 11 is 0. The second-order valence-electron chi connectivity index (χ2n) is 4.58. The third-order valence-electron chi connectivity index (χ3n) is 2.99. The summed E-state index contributed by atoms with van der Waals surface area (Å²) < 4.78 is 5.41. The van der Waals surface area contributed by atoms with Gasteiger partial charge < -0.3 is 15.1 Å². The molecule has 0 aliphatic carbocycles. The first-order valence-electron chi connectivity index (χ1n) is 5.53. The van der Waals surface area contributed by atoms with Crippen molar-refractivity contribution in [2.75, 3.05) is 20.1 Å². The maximum Gasteiger partial charge on any atom is 0.194 e. The van der Waals surface area contributed by atoms with Gasteiger partial charge in [0.05, 0.1) is 5.69 Å². The molecule has 0 saturated carbocycles. The molecule has 1 aliphatic heterocycles. The lowest BCUT2D eigenvalue weighted by Crippen LogP contribution is -2.15. The van der Waals surface area contributed by atoms with E-state index >= 15 is 0 Å². The number of hydrogen-bond acceptors (Lipinski definition) is 4. The molecule has 4 nitrogen and oxygen atoms in total. The highest BCUT2D eigenvalue weighted by Gasteiger charge is 2.21. The van der Waals surface area contributed by atoms with E-state index in [9.17, 15) is 0 Å². The van der Waals surface area contributed by atoms with E-state index in [4.69, 9.17) is 10.2 Å². The van der Waals surface area contributed by atoms with Crippen molar-refractivity contribution in [2.24, 2.45) is 11.7 Å². The molecule has 1 saturated heterocycles. The van der Waals surface area contributed by atoms with Crippen molar-refractivity contribution in [1.29, 1.82) is 0 Å². The molecular weight excluding hydrogens is 190 g/mol. The van der Waals surface area contributed by atoms with Gasteiger partial charge in [0.1, 0.15) is 6.26 Å². The van der Waals surface area contributed by atoms with Crippen LogP contribution in [-0.2, 0) is 6.42 Å². The first kappa shape index (κ1) is 10.6. The van der Waals surface area contributed by atoms with Gasteiger partial charge in [-0.05, 0) is 32.9 Å². The highest BCUT2D eigenvalue weighted by molar-refractivity contribution is 5.01. The molecule has 0 spiro atoms. The van der Waals surface area contributed by atoms with Gasteiger partial charge in [-0.3, -0.25) is 0 Å². The van der Waals surface area contributed by atoms with Crippen LogP contribution in [-0.4, -0.2) is 30.0 Å². The van der Waals surface area contributed by atoms with Crippen LogP contribution in [0.3, 0.4) is 0 Å². The Bertz CT molecular complexity index is 321. The molecule has 2 heterocycles. The van der Waals surface area contributed by atoms with Crippen LogP contribution >= 0.6 is 0 Å². The molecule has 4 heteroatoms. The fourth-order valence-electron chi connectivity index (χ4n) is 2.07. The number of rotatable bonds is 3. The molecular formula is C11H19N3O. The minimum atomic E-state index is -0.0336. The van der Waals surface area contributed by atoms with E-state index in [-0.39, 0.29) is 6.04 Å². The van der Waals surface area contributed by atoms with Gasteiger partial charge >= 0.3 is 0 Å². The van der Waals surface area contributed by atoms with Crippen LogP contribution in [0, 0.1) is 5.92 Å². The second kappa shape index (κ2) is 4.33. The zero-order chi connectivity index (χ0) is 10.8. The van der Waals surface area contributed by atoms with Gasteiger partial charge in [0, 0.05) is 19.0 Å². The molecule has 2 rings (SSSR count). The maximum atomic E-state index is 5.73. The van der Waals surface area contributed by atoms with Crippen molar-refractivity contribution in [1.82, 2.24) is 9.88 Å². The van der Waals surface area contributed by atoms with Gasteiger partial charge in [-0.25, -0.2) is 4.98 Å². The molecule has 0 amide bonds. The summed E-state index contributed by atoms with van der Waals surface area (Å²) in [4.78, 5) is 6.74. The molecule has 2 N–H and O–H groups in total.